The summed E-state index contributed by atoms with van der Waals surface area (Å²) in [4.78, 5) is 15.7. The fourth-order valence-corrected chi connectivity index (χ4v) is 2.44. The van der Waals surface area contributed by atoms with E-state index in [0.717, 1.165) is 30.9 Å². The Balaban J connectivity index is 1.90. The SMILES string of the molecule is CCOC(=O)N1CCN(Cc2ccc(N)cc2OC)CC1. The minimum absolute atomic E-state index is 0.220. The van der Waals surface area contributed by atoms with E-state index in [-0.39, 0.29) is 6.09 Å². The number of piperazine rings is 1. The van der Waals surface area contributed by atoms with E-state index in [1.807, 2.05) is 25.1 Å². The first-order chi connectivity index (χ1) is 10.1. The van der Waals surface area contributed by atoms with Crippen LogP contribution in [0.25, 0.3) is 0 Å². The first-order valence-electron chi connectivity index (χ1n) is 7.20. The number of methoxy groups -OCH3 is 1. The Morgan fingerprint density at radius 2 is 2.00 bits per heavy atom. The molecule has 116 valence electrons. The van der Waals surface area contributed by atoms with Gasteiger partial charge < -0.3 is 20.1 Å². The van der Waals surface area contributed by atoms with Gasteiger partial charge in [-0.1, -0.05) is 6.07 Å². The monoisotopic (exact) mass is 293 g/mol. The number of anilines is 1. The third-order valence-electron chi connectivity index (χ3n) is 3.60. The predicted molar refractivity (Wildman–Crippen MR) is 81.3 cm³/mol. The van der Waals surface area contributed by atoms with Crippen molar-refractivity contribution in [2.24, 2.45) is 0 Å². The zero-order chi connectivity index (χ0) is 15.2. The van der Waals surface area contributed by atoms with E-state index in [4.69, 9.17) is 15.2 Å². The van der Waals surface area contributed by atoms with Crippen LogP contribution in [0.1, 0.15) is 12.5 Å². The first-order valence-corrected chi connectivity index (χ1v) is 7.20. The number of ether oxygens (including phenoxy) is 2. The molecule has 0 aromatic heterocycles. The number of rotatable bonds is 4. The molecular formula is C15H23N3O3. The van der Waals surface area contributed by atoms with Crippen molar-refractivity contribution in [2.75, 3.05) is 45.6 Å². The quantitative estimate of drug-likeness (QED) is 0.853. The predicted octanol–water partition coefficient (Wildman–Crippen LogP) is 1.55. The van der Waals surface area contributed by atoms with E-state index in [1.165, 1.54) is 0 Å². The summed E-state index contributed by atoms with van der Waals surface area (Å²) >= 11 is 0. The number of carbonyl (C=O) groups is 1. The summed E-state index contributed by atoms with van der Waals surface area (Å²) in [6, 6.07) is 5.71. The number of carbonyl (C=O) groups excluding carboxylic acids is 1. The highest BCUT2D eigenvalue weighted by Crippen LogP contribution is 2.23. The maximum absolute atomic E-state index is 11.7. The molecule has 0 aliphatic carbocycles. The Kier molecular flexibility index (Phi) is 5.27. The molecule has 1 aliphatic heterocycles. The Hall–Kier alpha value is -1.95. The molecule has 21 heavy (non-hydrogen) atoms. The molecule has 1 aromatic rings. The zero-order valence-electron chi connectivity index (χ0n) is 12.7. The van der Waals surface area contributed by atoms with Crippen LogP contribution in [0.15, 0.2) is 18.2 Å². The van der Waals surface area contributed by atoms with Gasteiger partial charge in [-0.25, -0.2) is 4.79 Å². The van der Waals surface area contributed by atoms with Crippen LogP contribution in [0.2, 0.25) is 0 Å². The molecule has 1 aliphatic rings. The summed E-state index contributed by atoms with van der Waals surface area (Å²) in [5.74, 6) is 0.808. The van der Waals surface area contributed by atoms with Gasteiger partial charge in [0, 0.05) is 50.0 Å². The van der Waals surface area contributed by atoms with Crippen molar-refractivity contribution in [3.8, 4) is 5.75 Å². The summed E-state index contributed by atoms with van der Waals surface area (Å²) in [5, 5.41) is 0. The van der Waals surface area contributed by atoms with Gasteiger partial charge in [0.2, 0.25) is 0 Å². The van der Waals surface area contributed by atoms with Crippen LogP contribution >= 0.6 is 0 Å². The number of nitrogens with zero attached hydrogens (tertiary/aromatic N) is 2. The average molecular weight is 293 g/mol. The second kappa shape index (κ2) is 7.17. The molecule has 1 amide bonds. The maximum atomic E-state index is 11.7. The minimum Gasteiger partial charge on any atom is -0.496 e. The molecule has 0 saturated carbocycles. The van der Waals surface area contributed by atoms with Gasteiger partial charge in [-0.05, 0) is 13.0 Å². The summed E-state index contributed by atoms with van der Waals surface area (Å²) in [6.07, 6.45) is -0.220. The van der Waals surface area contributed by atoms with Gasteiger partial charge in [-0.15, -0.1) is 0 Å². The Labute approximate surface area is 125 Å². The van der Waals surface area contributed by atoms with Crippen LogP contribution in [0.5, 0.6) is 5.75 Å². The largest absolute Gasteiger partial charge is 0.496 e. The van der Waals surface area contributed by atoms with Crippen molar-refractivity contribution in [1.29, 1.82) is 0 Å². The van der Waals surface area contributed by atoms with Crippen LogP contribution in [-0.4, -0.2) is 55.8 Å². The first kappa shape index (κ1) is 15.4. The van der Waals surface area contributed by atoms with Gasteiger partial charge in [0.25, 0.3) is 0 Å². The molecule has 6 heteroatoms. The van der Waals surface area contributed by atoms with Crippen LogP contribution < -0.4 is 10.5 Å². The molecule has 0 unspecified atom stereocenters. The molecule has 1 heterocycles. The van der Waals surface area contributed by atoms with Crippen molar-refractivity contribution >= 4 is 11.8 Å². The third-order valence-corrected chi connectivity index (χ3v) is 3.60. The fourth-order valence-electron chi connectivity index (χ4n) is 2.44. The van der Waals surface area contributed by atoms with E-state index in [0.29, 0.717) is 25.4 Å². The number of nitrogen functional groups attached to an aromatic ring is 1. The highest BCUT2D eigenvalue weighted by Gasteiger charge is 2.22. The number of nitrogens with two attached hydrogens (primary N) is 1. The maximum Gasteiger partial charge on any atom is 0.409 e. The number of hydrogen-bond acceptors (Lipinski definition) is 5. The third kappa shape index (κ3) is 4.01. The fraction of sp³-hybridized carbons (Fsp3) is 0.533. The molecule has 6 nitrogen and oxygen atoms in total. The number of benzene rings is 1. The molecule has 1 fully saturated rings. The van der Waals surface area contributed by atoms with Gasteiger partial charge in [0.1, 0.15) is 5.75 Å². The molecule has 0 radical (unpaired) electrons. The van der Waals surface area contributed by atoms with Crippen molar-refractivity contribution in [3.63, 3.8) is 0 Å². The second-order valence-corrected chi connectivity index (χ2v) is 5.03. The second-order valence-electron chi connectivity index (χ2n) is 5.03. The normalized spacial score (nSPS) is 15.8. The van der Waals surface area contributed by atoms with Crippen molar-refractivity contribution in [1.82, 2.24) is 9.80 Å². The van der Waals surface area contributed by atoms with Gasteiger partial charge in [-0.2, -0.15) is 0 Å². The summed E-state index contributed by atoms with van der Waals surface area (Å²) in [5.41, 5.74) is 7.57. The Morgan fingerprint density at radius 1 is 1.29 bits per heavy atom. The van der Waals surface area contributed by atoms with Crippen LogP contribution in [0, 0.1) is 0 Å². The van der Waals surface area contributed by atoms with E-state index in [2.05, 4.69) is 4.90 Å². The molecule has 2 N–H and O–H groups in total. The minimum atomic E-state index is -0.220. The lowest BCUT2D eigenvalue weighted by Gasteiger charge is -2.34. The van der Waals surface area contributed by atoms with E-state index in [1.54, 1.807) is 12.0 Å². The van der Waals surface area contributed by atoms with E-state index in [9.17, 15) is 4.79 Å². The summed E-state index contributed by atoms with van der Waals surface area (Å²) < 4.78 is 10.4. The van der Waals surface area contributed by atoms with Gasteiger partial charge in [-0.3, -0.25) is 4.90 Å². The zero-order valence-corrected chi connectivity index (χ0v) is 12.7. The molecule has 1 saturated heterocycles. The van der Waals surface area contributed by atoms with Gasteiger partial charge in [0.05, 0.1) is 13.7 Å². The van der Waals surface area contributed by atoms with Crippen LogP contribution in [0.3, 0.4) is 0 Å². The van der Waals surface area contributed by atoms with Gasteiger partial charge in [0.15, 0.2) is 0 Å². The van der Waals surface area contributed by atoms with E-state index >= 15 is 0 Å². The molecule has 0 atom stereocenters. The molecular weight excluding hydrogens is 270 g/mol. The molecule has 2 rings (SSSR count). The lowest BCUT2D eigenvalue weighted by molar-refractivity contribution is 0.0776. The smallest absolute Gasteiger partial charge is 0.409 e. The Morgan fingerprint density at radius 3 is 2.62 bits per heavy atom. The number of hydrogen-bond donors (Lipinski definition) is 1. The molecule has 0 bridgehead atoms. The average Bonchev–Trinajstić information content (AvgIpc) is 2.50. The van der Waals surface area contributed by atoms with Crippen molar-refractivity contribution in [3.05, 3.63) is 23.8 Å². The standard InChI is InChI=1S/C15H23N3O3/c1-3-21-15(19)18-8-6-17(7-9-18)11-12-4-5-13(16)10-14(12)20-2/h4-5,10H,3,6-9,11,16H2,1-2H3. The lowest BCUT2D eigenvalue weighted by Crippen LogP contribution is -2.48. The highest BCUT2D eigenvalue weighted by atomic mass is 16.6. The summed E-state index contributed by atoms with van der Waals surface area (Å²) in [6.45, 7) is 6.06. The van der Waals surface area contributed by atoms with Crippen molar-refractivity contribution < 1.29 is 14.3 Å². The Bertz CT molecular complexity index is 485. The molecule has 1 aromatic carbocycles. The van der Waals surface area contributed by atoms with Gasteiger partial charge >= 0.3 is 6.09 Å². The van der Waals surface area contributed by atoms with Crippen LogP contribution in [0.4, 0.5) is 10.5 Å². The number of amides is 1. The van der Waals surface area contributed by atoms with Crippen LogP contribution in [-0.2, 0) is 11.3 Å². The van der Waals surface area contributed by atoms with Crippen molar-refractivity contribution in [2.45, 2.75) is 13.5 Å². The van der Waals surface area contributed by atoms with E-state index < -0.39 is 0 Å². The topological polar surface area (TPSA) is 68.0 Å². The summed E-state index contributed by atoms with van der Waals surface area (Å²) in [7, 11) is 1.65. The highest BCUT2D eigenvalue weighted by molar-refractivity contribution is 5.67. The molecule has 0 spiro atoms. The lowest BCUT2D eigenvalue weighted by atomic mass is 10.1.